The largest absolute Gasteiger partial charge is 0.394 e. The highest BCUT2D eigenvalue weighted by molar-refractivity contribution is 7.70. The second kappa shape index (κ2) is 19.2. The number of fused-ring (bicyclic) bond motifs is 4. The lowest BCUT2D eigenvalue weighted by Gasteiger charge is -2.19. The number of benzene rings is 2. The van der Waals surface area contributed by atoms with Crippen LogP contribution in [-0.4, -0.2) is 125 Å². The Morgan fingerprint density at radius 3 is 1.56 bits per heavy atom. The Morgan fingerprint density at radius 2 is 1.13 bits per heavy atom. The lowest BCUT2D eigenvalue weighted by atomic mass is 10.1. The Bertz CT molecular complexity index is 3070. The van der Waals surface area contributed by atoms with Crippen LogP contribution < -0.4 is 10.6 Å². The third-order valence-corrected chi connectivity index (χ3v) is 16.1. The van der Waals surface area contributed by atoms with Gasteiger partial charge >= 0.3 is 15.2 Å². The van der Waals surface area contributed by atoms with Gasteiger partial charge in [-0.1, -0.05) is 0 Å². The van der Waals surface area contributed by atoms with Crippen molar-refractivity contribution in [2.45, 2.75) is 101 Å². The van der Waals surface area contributed by atoms with Crippen molar-refractivity contribution in [3.63, 3.8) is 0 Å². The molecule has 0 radical (unpaired) electrons. The number of pyridine rings is 2. The Labute approximate surface area is 394 Å². The summed E-state index contributed by atoms with van der Waals surface area (Å²) in [6.45, 7) is 2.31. The number of anilines is 2. The molecule has 3 unspecified atom stereocenters. The highest BCUT2D eigenvalue weighted by Crippen LogP contribution is 2.55. The van der Waals surface area contributed by atoms with Crippen LogP contribution in [0.5, 0.6) is 0 Å². The zero-order valence-electron chi connectivity index (χ0n) is 37.1. The van der Waals surface area contributed by atoms with Crippen LogP contribution in [0.1, 0.15) is 71.0 Å². The molecule has 27 heteroatoms. The van der Waals surface area contributed by atoms with Crippen LogP contribution in [0.4, 0.5) is 28.9 Å². The molecular formula is C43H48F4N8O13P2. The summed E-state index contributed by atoms with van der Waals surface area (Å²) in [5.41, 5.74) is 5.15. The maximum Gasteiger partial charge on any atom is 0.340 e. The minimum atomic E-state index is -4.86. The Hall–Kier alpha value is -4.98. The predicted octanol–water partition coefficient (Wildman–Crippen LogP) is 3.80. The topological polar surface area (TPSA) is 309 Å². The van der Waals surface area contributed by atoms with E-state index in [0.717, 1.165) is 12.1 Å². The minimum Gasteiger partial charge on any atom is -0.394 e. The summed E-state index contributed by atoms with van der Waals surface area (Å²) in [5.74, 6) is -3.86. The van der Waals surface area contributed by atoms with E-state index in [4.69, 9.17) is 23.8 Å². The second-order valence-corrected chi connectivity index (χ2v) is 21.7. The third kappa shape index (κ3) is 9.83. The summed E-state index contributed by atoms with van der Waals surface area (Å²) in [6.07, 6.45) is -5.07. The first-order valence-electron chi connectivity index (χ1n) is 21.9. The average Bonchev–Trinajstić information content (AvgIpc) is 4.14. The van der Waals surface area contributed by atoms with Crippen molar-refractivity contribution in [1.29, 1.82) is 0 Å². The van der Waals surface area contributed by atoms with Crippen molar-refractivity contribution in [3.8, 4) is 0 Å². The summed E-state index contributed by atoms with van der Waals surface area (Å²) in [6, 6.07) is 7.19. The van der Waals surface area contributed by atoms with Crippen molar-refractivity contribution in [3.05, 3.63) is 106 Å². The number of nitrogens with zero attached hydrogens (tertiary/aromatic N) is 6. The fourth-order valence-corrected chi connectivity index (χ4v) is 12.1. The van der Waals surface area contributed by atoms with Crippen molar-refractivity contribution >= 4 is 48.6 Å². The van der Waals surface area contributed by atoms with Gasteiger partial charge in [0.15, 0.2) is 29.7 Å². The zero-order chi connectivity index (χ0) is 50.1. The van der Waals surface area contributed by atoms with Gasteiger partial charge in [0.1, 0.15) is 59.9 Å². The van der Waals surface area contributed by atoms with Gasteiger partial charge in [-0.2, -0.15) is 10.2 Å². The first-order chi connectivity index (χ1) is 33.1. The SMILES string of the molecule is Cc1cc(NC2CCc3cc(F)cc(F)c32)c2cnn([C@@H]3O[C@H](CO)[C@@H](O)[C@H]3O)c2n1.Cc1cc(NC2CCc3cc(F)cc(F)c32)c2cnn([C@@H]3O[C@H](COP(=O)(O)CP(=O)(O)O)[C@@H](O)[C@H]3O)c2n1. The number of aliphatic hydroxyl groups excluding tert-OH is 5. The Kier molecular flexibility index (Phi) is 13.7. The normalized spacial score (nSPS) is 27.1. The molecule has 10 N–H and O–H groups in total. The van der Waals surface area contributed by atoms with Crippen molar-refractivity contribution < 1.29 is 80.9 Å². The van der Waals surface area contributed by atoms with Crippen molar-refractivity contribution in [2.75, 3.05) is 29.8 Å². The van der Waals surface area contributed by atoms with E-state index in [1.165, 1.54) is 27.7 Å². The van der Waals surface area contributed by atoms with Gasteiger partial charge in [0.2, 0.25) is 0 Å². The molecule has 2 saturated heterocycles. The number of rotatable bonds is 12. The molecule has 2 aliphatic heterocycles. The monoisotopic (exact) mass is 1020 g/mol. The molecule has 0 spiro atoms. The van der Waals surface area contributed by atoms with Gasteiger partial charge in [-0.3, -0.25) is 9.13 Å². The highest BCUT2D eigenvalue weighted by atomic mass is 31.2. The molecule has 376 valence electrons. The first kappa shape index (κ1) is 50.0. The van der Waals surface area contributed by atoms with Gasteiger partial charge in [-0.15, -0.1) is 0 Å². The standard InChI is InChI=1S/C22H26F2N4O9P2.C21H22F2N4O4/c1-10-4-16(27-15-3-2-11-5-12(23)6-14(24)18(11)15)13-7-25-28(21(13)26-10)22-20(30)19(29)17(37-22)8-36-39(34,35)9-38(31,32)33;1-9-4-15(26-14-3-2-10-5-11(22)6-13(23)17(10)14)12-7-24-27(20(12)25-9)21-19(30)18(29)16(8-28)31-21/h4-7,15,17,19-20,22,29-30H,2-3,8-9H2,1H3,(H,26,27)(H,34,35)(H2,31,32,33);4-7,14,16,18-19,21,28-30H,2-3,8H2,1H3,(H,25,26)/t15?,17-,19-,20-,22-;14?,16-,18-,19-,21-/m11/s1. The second-order valence-electron chi connectivity index (χ2n) is 17.7. The molecule has 2 fully saturated rings. The molecule has 4 aromatic heterocycles. The van der Waals surface area contributed by atoms with Crippen molar-refractivity contribution in [2.24, 2.45) is 0 Å². The van der Waals surface area contributed by atoms with Crippen LogP contribution in [0.3, 0.4) is 0 Å². The summed E-state index contributed by atoms with van der Waals surface area (Å²) in [5, 5.41) is 67.1. The molecule has 6 heterocycles. The number of hydrogen-bond donors (Lipinski definition) is 10. The van der Waals surface area contributed by atoms with E-state index < -0.39 is 113 Å². The van der Waals surface area contributed by atoms with E-state index in [0.29, 0.717) is 87.1 Å². The van der Waals surface area contributed by atoms with E-state index in [2.05, 4.69) is 30.8 Å². The zero-order valence-corrected chi connectivity index (χ0v) is 38.8. The van der Waals surface area contributed by atoms with E-state index in [1.807, 2.05) is 6.07 Å². The average molecular weight is 1020 g/mol. The Morgan fingerprint density at radius 1 is 0.686 bits per heavy atom. The van der Waals surface area contributed by atoms with E-state index in [1.54, 1.807) is 26.1 Å². The van der Waals surface area contributed by atoms with Gasteiger partial charge in [0.25, 0.3) is 0 Å². The minimum absolute atomic E-state index is 0.252. The van der Waals surface area contributed by atoms with Crippen LogP contribution in [0.25, 0.3) is 22.1 Å². The molecule has 10 rings (SSSR count). The van der Waals surface area contributed by atoms with Gasteiger partial charge in [0.05, 0.1) is 48.5 Å². The molecule has 4 aliphatic rings. The van der Waals surface area contributed by atoms with Crippen LogP contribution in [0.2, 0.25) is 0 Å². The third-order valence-electron chi connectivity index (χ3n) is 12.7. The molecule has 6 aromatic rings. The molecule has 0 saturated carbocycles. The molecular weight excluding hydrogens is 974 g/mol. The smallest absolute Gasteiger partial charge is 0.340 e. The summed E-state index contributed by atoms with van der Waals surface area (Å²) < 4.78 is 97.8. The maximum absolute atomic E-state index is 14.6. The predicted molar refractivity (Wildman–Crippen MR) is 238 cm³/mol. The molecule has 2 aliphatic carbocycles. The highest BCUT2D eigenvalue weighted by Gasteiger charge is 2.47. The number of aryl methyl sites for hydroxylation is 4. The van der Waals surface area contributed by atoms with Gasteiger partial charge < -0.3 is 64.8 Å². The quantitative estimate of drug-likeness (QED) is 0.0616. The summed E-state index contributed by atoms with van der Waals surface area (Å²) in [7, 11) is -9.57. The number of aromatic nitrogens is 6. The van der Waals surface area contributed by atoms with Crippen LogP contribution in [0, 0.1) is 37.1 Å². The number of hydrogen-bond acceptors (Lipinski definition) is 16. The van der Waals surface area contributed by atoms with E-state index in [9.17, 15) is 57.1 Å². The summed E-state index contributed by atoms with van der Waals surface area (Å²) in [4.78, 5) is 36.5. The summed E-state index contributed by atoms with van der Waals surface area (Å²) >= 11 is 0. The van der Waals surface area contributed by atoms with Crippen LogP contribution in [-0.2, 0) is 36.0 Å². The number of nitrogens with one attached hydrogen (secondary N) is 2. The van der Waals surface area contributed by atoms with Gasteiger partial charge in [0, 0.05) is 46.0 Å². The van der Waals surface area contributed by atoms with E-state index >= 15 is 0 Å². The maximum atomic E-state index is 14.6. The molecule has 0 amide bonds. The van der Waals surface area contributed by atoms with Crippen LogP contribution >= 0.6 is 15.2 Å². The van der Waals surface area contributed by atoms with Crippen LogP contribution in [0.15, 0.2) is 48.8 Å². The number of halogens is 4. The number of aliphatic hydroxyl groups is 5. The van der Waals surface area contributed by atoms with Gasteiger partial charge in [-0.05, 0) is 74.9 Å². The molecule has 0 bridgehead atoms. The lowest BCUT2D eigenvalue weighted by molar-refractivity contribution is -0.0566. The lowest BCUT2D eigenvalue weighted by Crippen LogP contribution is -2.33. The molecule has 70 heavy (non-hydrogen) atoms. The number of ether oxygens (including phenoxy) is 2. The van der Waals surface area contributed by atoms with E-state index in [-0.39, 0.29) is 11.7 Å². The van der Waals surface area contributed by atoms with Gasteiger partial charge in [-0.25, -0.2) is 36.9 Å². The first-order valence-corrected chi connectivity index (χ1v) is 25.5. The molecule has 11 atom stereocenters. The van der Waals surface area contributed by atoms with Crippen molar-refractivity contribution in [1.82, 2.24) is 29.5 Å². The molecule has 2 aromatic carbocycles. The fraction of sp³-hybridized carbons (Fsp3) is 0.442. The molecule has 21 nitrogen and oxygen atoms in total. The fourth-order valence-electron chi connectivity index (χ4n) is 9.53. The Balaban J connectivity index is 0.000000178.